The van der Waals surface area contributed by atoms with Crippen molar-refractivity contribution in [2.24, 2.45) is 17.8 Å². The van der Waals surface area contributed by atoms with Gasteiger partial charge in [0.05, 0.1) is 16.9 Å². The lowest BCUT2D eigenvalue weighted by molar-refractivity contribution is -0.136. The number of hydrogen-bond acceptors (Lipinski definition) is 8. The number of nitrogens with zero attached hydrogens (tertiary/aromatic N) is 2. The molecule has 0 radical (unpaired) electrons. The molecule has 0 spiro atoms. The third-order valence-corrected chi connectivity index (χ3v) is 9.81. The summed E-state index contributed by atoms with van der Waals surface area (Å²) in [5.41, 5.74) is 0.864. The third-order valence-electron chi connectivity index (χ3n) is 8.74. The lowest BCUT2D eigenvalue weighted by Gasteiger charge is -2.58. The van der Waals surface area contributed by atoms with Crippen molar-refractivity contribution in [3.05, 3.63) is 17.5 Å². The van der Waals surface area contributed by atoms with Crippen molar-refractivity contribution < 1.29 is 20.1 Å². The van der Waals surface area contributed by atoms with Gasteiger partial charge in [-0.15, -0.1) is 0 Å². The lowest BCUT2D eigenvalue weighted by atomic mass is 9.52. The summed E-state index contributed by atoms with van der Waals surface area (Å²) in [6, 6.07) is 0.0114. The average Bonchev–Trinajstić information content (AvgIpc) is 2.67. The highest BCUT2D eigenvalue weighted by molar-refractivity contribution is 8.00. The van der Waals surface area contributed by atoms with Crippen molar-refractivity contribution in [2.75, 3.05) is 11.1 Å². The number of aromatic nitrogens is 2. The quantitative estimate of drug-likeness (QED) is 0.412. The molecule has 1 amide bonds. The average molecular weight is 475 g/mol. The lowest BCUT2D eigenvalue weighted by Crippen LogP contribution is -2.61. The molecule has 3 atom stereocenters. The Balaban J connectivity index is 1.19. The minimum atomic E-state index is -1.72. The first-order valence-corrected chi connectivity index (χ1v) is 13.5. The smallest absolute Gasteiger partial charge is 0.254 e. The fourth-order valence-corrected chi connectivity index (χ4v) is 8.28. The van der Waals surface area contributed by atoms with Crippen LogP contribution in [0.25, 0.3) is 0 Å². The number of thioether (sulfide) groups is 1. The first-order valence-electron chi connectivity index (χ1n) is 12.5. The van der Waals surface area contributed by atoms with Crippen LogP contribution in [-0.2, 0) is 0 Å². The molecule has 1 aromatic heterocycles. The van der Waals surface area contributed by atoms with E-state index in [9.17, 15) is 20.1 Å². The van der Waals surface area contributed by atoms with Gasteiger partial charge in [0.15, 0.2) is 0 Å². The van der Waals surface area contributed by atoms with Crippen LogP contribution in [0.3, 0.4) is 0 Å². The second kappa shape index (κ2) is 8.07. The SMILES string of the molecule is O=C(N[C@H]1C2CC3CC1C[C@@](O)(C3)C2)c1cnc(NC2CCSC(O)(O)C2)nc1C1CCC1. The van der Waals surface area contributed by atoms with Crippen molar-refractivity contribution in [2.45, 2.75) is 92.9 Å². The van der Waals surface area contributed by atoms with E-state index in [-0.39, 0.29) is 30.3 Å². The van der Waals surface area contributed by atoms with Gasteiger partial charge in [-0.25, -0.2) is 9.97 Å². The maximum Gasteiger partial charge on any atom is 0.254 e. The Bertz CT molecular complexity index is 923. The number of rotatable bonds is 5. The van der Waals surface area contributed by atoms with Gasteiger partial charge in [0.25, 0.3) is 5.91 Å². The van der Waals surface area contributed by atoms with Crippen LogP contribution in [0.5, 0.6) is 0 Å². The van der Waals surface area contributed by atoms with Crippen LogP contribution in [-0.4, -0.2) is 59.8 Å². The molecule has 3 unspecified atom stereocenters. The summed E-state index contributed by atoms with van der Waals surface area (Å²) in [5.74, 6) is 2.62. The highest BCUT2D eigenvalue weighted by Gasteiger charge is 2.55. The molecule has 180 valence electrons. The van der Waals surface area contributed by atoms with Crippen molar-refractivity contribution in [1.82, 2.24) is 15.3 Å². The van der Waals surface area contributed by atoms with Gasteiger partial charge in [-0.3, -0.25) is 4.79 Å². The first-order chi connectivity index (χ1) is 15.8. The molecule has 7 rings (SSSR count). The van der Waals surface area contributed by atoms with E-state index in [1.807, 2.05) is 0 Å². The standard InChI is InChI=1S/C24H34N4O4S/c29-21(27-19-15-6-13-7-16(19)10-23(30,8-13)9-15)18-12-25-22(28-20(18)14-2-1-3-14)26-17-4-5-33-24(31,32)11-17/h12-17,19,30-32H,1-11H2,(H,27,29)(H,25,26,28)/t13?,15?,16?,17?,19-,23+. The van der Waals surface area contributed by atoms with Gasteiger partial charge in [0, 0.05) is 36.4 Å². The van der Waals surface area contributed by atoms with Gasteiger partial charge in [-0.1, -0.05) is 18.2 Å². The molecular formula is C24H34N4O4S. The summed E-state index contributed by atoms with van der Waals surface area (Å²) < 4.78 is 0. The summed E-state index contributed by atoms with van der Waals surface area (Å²) in [7, 11) is 0. The zero-order valence-corrected chi connectivity index (χ0v) is 19.7. The number of anilines is 1. The first kappa shape index (κ1) is 22.1. The van der Waals surface area contributed by atoms with Gasteiger partial charge in [0.2, 0.25) is 11.1 Å². The van der Waals surface area contributed by atoms with E-state index in [4.69, 9.17) is 4.98 Å². The van der Waals surface area contributed by atoms with Crippen LogP contribution in [0.1, 0.15) is 86.2 Å². The molecule has 9 heteroatoms. The van der Waals surface area contributed by atoms with Gasteiger partial charge in [0.1, 0.15) is 0 Å². The molecule has 1 saturated heterocycles. The second-order valence-corrected chi connectivity index (χ2v) is 12.6. The molecule has 0 aromatic carbocycles. The van der Waals surface area contributed by atoms with E-state index >= 15 is 0 Å². The molecule has 2 heterocycles. The van der Waals surface area contributed by atoms with Gasteiger partial charge in [-0.2, -0.15) is 0 Å². The van der Waals surface area contributed by atoms with Crippen molar-refractivity contribution in [3.8, 4) is 0 Å². The third kappa shape index (κ3) is 4.26. The Morgan fingerprint density at radius 1 is 1.06 bits per heavy atom. The highest BCUT2D eigenvalue weighted by Crippen LogP contribution is 2.55. The topological polar surface area (TPSA) is 128 Å². The molecule has 6 aliphatic rings. The van der Waals surface area contributed by atoms with Crippen LogP contribution in [0.2, 0.25) is 0 Å². The number of carbonyl (C=O) groups is 1. The Kier molecular flexibility index (Phi) is 5.40. The van der Waals surface area contributed by atoms with Gasteiger partial charge in [-0.05, 0) is 69.1 Å². The molecule has 33 heavy (non-hydrogen) atoms. The second-order valence-electron chi connectivity index (χ2n) is 11.2. The van der Waals surface area contributed by atoms with Crippen molar-refractivity contribution in [3.63, 3.8) is 0 Å². The van der Waals surface area contributed by atoms with E-state index < -0.39 is 10.7 Å². The normalized spacial score (nSPS) is 39.2. The monoisotopic (exact) mass is 474 g/mol. The number of aliphatic hydroxyl groups is 3. The zero-order valence-electron chi connectivity index (χ0n) is 18.9. The maximum atomic E-state index is 13.4. The van der Waals surface area contributed by atoms with E-state index in [1.54, 1.807) is 6.20 Å². The molecular weight excluding hydrogens is 440 g/mol. The van der Waals surface area contributed by atoms with Gasteiger partial charge >= 0.3 is 0 Å². The van der Waals surface area contributed by atoms with E-state index in [0.29, 0.717) is 35.0 Å². The molecule has 1 aromatic rings. The van der Waals surface area contributed by atoms with E-state index in [2.05, 4.69) is 15.6 Å². The largest absolute Gasteiger partial charge is 0.390 e. The maximum absolute atomic E-state index is 13.4. The number of carbonyl (C=O) groups excluding carboxylic acids is 1. The number of nitrogens with one attached hydrogen (secondary N) is 2. The summed E-state index contributed by atoms with van der Waals surface area (Å²) in [6.45, 7) is 0. The van der Waals surface area contributed by atoms with Crippen molar-refractivity contribution in [1.29, 1.82) is 0 Å². The minimum Gasteiger partial charge on any atom is -0.390 e. The molecule has 1 aliphatic heterocycles. The Morgan fingerprint density at radius 3 is 2.45 bits per heavy atom. The number of amides is 1. The van der Waals surface area contributed by atoms with Crippen LogP contribution in [0, 0.1) is 17.8 Å². The zero-order chi connectivity index (χ0) is 22.8. The van der Waals surface area contributed by atoms with Crippen molar-refractivity contribution >= 4 is 23.6 Å². The van der Waals surface area contributed by atoms with Crippen LogP contribution >= 0.6 is 11.8 Å². The molecule has 5 saturated carbocycles. The van der Waals surface area contributed by atoms with E-state index in [1.165, 1.54) is 0 Å². The summed E-state index contributed by atoms with van der Waals surface area (Å²) >= 11 is 1.15. The summed E-state index contributed by atoms with van der Waals surface area (Å²) in [5, 5.41) is 35.6. The molecule has 6 fully saturated rings. The van der Waals surface area contributed by atoms with Crippen LogP contribution in [0.4, 0.5) is 5.95 Å². The predicted molar refractivity (Wildman–Crippen MR) is 125 cm³/mol. The van der Waals surface area contributed by atoms with Gasteiger partial charge < -0.3 is 26.0 Å². The summed E-state index contributed by atoms with van der Waals surface area (Å²) in [4.78, 5) is 22.6. The number of hydrogen-bond donors (Lipinski definition) is 5. The Labute approximate surface area is 198 Å². The fourth-order valence-electron chi connectivity index (χ4n) is 7.23. The molecule has 5 aliphatic carbocycles. The molecule has 4 bridgehead atoms. The van der Waals surface area contributed by atoms with E-state index in [0.717, 1.165) is 75.2 Å². The Hall–Kier alpha value is -1.42. The summed E-state index contributed by atoms with van der Waals surface area (Å²) in [6.07, 6.45) is 10.6. The van der Waals surface area contributed by atoms with Crippen LogP contribution < -0.4 is 10.6 Å². The molecule has 5 N–H and O–H groups in total. The predicted octanol–water partition coefficient (Wildman–Crippen LogP) is 2.36. The fraction of sp³-hybridized carbons (Fsp3) is 0.792. The molecule has 8 nitrogen and oxygen atoms in total. The van der Waals surface area contributed by atoms with Crippen LogP contribution in [0.15, 0.2) is 6.20 Å². The Morgan fingerprint density at radius 2 is 1.82 bits per heavy atom. The highest BCUT2D eigenvalue weighted by atomic mass is 32.2. The minimum absolute atomic E-state index is 0.0910.